The number of hydrogen-bond donors (Lipinski definition) is 1. The lowest BCUT2D eigenvalue weighted by Gasteiger charge is -2.05. The van der Waals surface area contributed by atoms with Gasteiger partial charge in [0.25, 0.3) is 5.69 Å². The van der Waals surface area contributed by atoms with Gasteiger partial charge in [-0.3, -0.25) is 10.1 Å². The number of aryl methyl sites for hydroxylation is 1. The van der Waals surface area contributed by atoms with Crippen LogP contribution in [0.5, 0.6) is 0 Å². The summed E-state index contributed by atoms with van der Waals surface area (Å²) in [6.45, 7) is 1.81. The number of oxazole rings is 1. The minimum atomic E-state index is -3.79. The molecule has 0 spiro atoms. The Morgan fingerprint density at radius 2 is 2.19 bits per heavy atom. The predicted octanol–water partition coefficient (Wildman–Crippen LogP) is 1.41. The Hall–Kier alpha value is -2.26. The zero-order valence-corrected chi connectivity index (χ0v) is 12.0. The average Bonchev–Trinajstić information content (AvgIpc) is 2.84. The van der Waals surface area contributed by atoms with Gasteiger partial charge in [-0.25, -0.2) is 18.1 Å². The molecule has 2 aromatic rings. The number of non-ortho nitro benzene ring substituents is 1. The minimum Gasteiger partial charge on any atom is -0.449 e. The Bertz CT molecular complexity index is 754. The summed E-state index contributed by atoms with van der Waals surface area (Å²) in [6, 6.07) is 4.88. The molecule has 0 aliphatic rings. The highest BCUT2D eigenvalue weighted by Gasteiger charge is 2.17. The Morgan fingerprint density at radius 1 is 1.43 bits per heavy atom. The van der Waals surface area contributed by atoms with Crippen LogP contribution in [0, 0.1) is 17.0 Å². The first kappa shape index (κ1) is 15.1. The molecule has 0 unspecified atom stereocenters. The summed E-state index contributed by atoms with van der Waals surface area (Å²) in [5.41, 5.74) is 0.360. The fourth-order valence-electron chi connectivity index (χ4n) is 1.68. The molecule has 21 heavy (non-hydrogen) atoms. The molecular weight excluding hydrogens is 298 g/mol. The minimum absolute atomic E-state index is 0.122. The highest BCUT2D eigenvalue weighted by molar-refractivity contribution is 7.89. The van der Waals surface area contributed by atoms with Crippen LogP contribution in [-0.2, 0) is 16.4 Å². The third-order valence-electron chi connectivity index (χ3n) is 2.68. The molecule has 9 heteroatoms. The molecule has 112 valence electrons. The van der Waals surface area contributed by atoms with Crippen LogP contribution in [0.4, 0.5) is 5.69 Å². The smallest absolute Gasteiger partial charge is 0.270 e. The van der Waals surface area contributed by atoms with Gasteiger partial charge in [-0.05, 0) is 6.07 Å². The number of nitrogens with zero attached hydrogens (tertiary/aromatic N) is 2. The normalized spacial score (nSPS) is 11.5. The standard InChI is InChI=1S/C12H13N3O5S/c1-9-14-10(8-20-9)5-6-13-21(18,19)12-4-2-3-11(7-12)15(16)17/h2-4,7-8,13H,5-6H2,1H3. The molecule has 0 bridgehead atoms. The van der Waals surface area contributed by atoms with Gasteiger partial charge >= 0.3 is 0 Å². The first-order valence-corrected chi connectivity index (χ1v) is 7.52. The van der Waals surface area contributed by atoms with Gasteiger partial charge in [0.1, 0.15) is 6.26 Å². The highest BCUT2D eigenvalue weighted by atomic mass is 32.2. The molecule has 0 saturated heterocycles. The number of aromatic nitrogens is 1. The predicted molar refractivity (Wildman–Crippen MR) is 73.2 cm³/mol. The number of nitro benzene ring substituents is 1. The molecule has 0 saturated carbocycles. The van der Waals surface area contributed by atoms with Crippen LogP contribution in [0.3, 0.4) is 0 Å². The maximum atomic E-state index is 12.0. The third kappa shape index (κ3) is 3.86. The monoisotopic (exact) mass is 311 g/mol. The Kier molecular flexibility index (Phi) is 4.34. The van der Waals surface area contributed by atoms with Crippen LogP contribution in [0.15, 0.2) is 39.8 Å². The van der Waals surface area contributed by atoms with Crippen LogP contribution in [0.1, 0.15) is 11.6 Å². The molecule has 0 amide bonds. The van der Waals surface area contributed by atoms with Crippen molar-refractivity contribution in [2.45, 2.75) is 18.2 Å². The van der Waals surface area contributed by atoms with Crippen molar-refractivity contribution in [1.82, 2.24) is 9.71 Å². The van der Waals surface area contributed by atoms with E-state index in [1.54, 1.807) is 6.92 Å². The highest BCUT2D eigenvalue weighted by Crippen LogP contribution is 2.17. The van der Waals surface area contributed by atoms with E-state index in [4.69, 9.17) is 4.42 Å². The van der Waals surface area contributed by atoms with Crippen molar-refractivity contribution in [1.29, 1.82) is 0 Å². The second-order valence-electron chi connectivity index (χ2n) is 4.26. The maximum Gasteiger partial charge on any atom is 0.270 e. The van der Waals surface area contributed by atoms with Gasteiger partial charge in [-0.1, -0.05) is 6.07 Å². The van der Waals surface area contributed by atoms with E-state index >= 15 is 0 Å². The van der Waals surface area contributed by atoms with Crippen LogP contribution < -0.4 is 4.72 Å². The summed E-state index contributed by atoms with van der Waals surface area (Å²) < 4.78 is 31.4. The van der Waals surface area contributed by atoms with Crippen molar-refractivity contribution in [3.8, 4) is 0 Å². The molecule has 0 atom stereocenters. The zero-order valence-electron chi connectivity index (χ0n) is 11.1. The number of benzene rings is 1. The first-order chi connectivity index (χ1) is 9.88. The van der Waals surface area contributed by atoms with Crippen molar-refractivity contribution in [3.63, 3.8) is 0 Å². The molecule has 1 aromatic carbocycles. The third-order valence-corrected chi connectivity index (χ3v) is 4.14. The van der Waals surface area contributed by atoms with Gasteiger partial charge < -0.3 is 4.42 Å². The average molecular weight is 311 g/mol. The topological polar surface area (TPSA) is 115 Å². The van der Waals surface area contributed by atoms with Gasteiger partial charge in [0.2, 0.25) is 10.0 Å². The van der Waals surface area contributed by atoms with Crippen molar-refractivity contribution < 1.29 is 17.8 Å². The van der Waals surface area contributed by atoms with E-state index in [2.05, 4.69) is 9.71 Å². The summed E-state index contributed by atoms with van der Waals surface area (Å²) in [6.07, 6.45) is 1.82. The zero-order chi connectivity index (χ0) is 15.5. The molecule has 1 heterocycles. The molecule has 1 aromatic heterocycles. The lowest BCUT2D eigenvalue weighted by Crippen LogP contribution is -2.26. The Morgan fingerprint density at radius 3 is 2.81 bits per heavy atom. The number of nitrogens with one attached hydrogen (secondary N) is 1. The molecule has 0 radical (unpaired) electrons. The van der Waals surface area contributed by atoms with E-state index in [9.17, 15) is 18.5 Å². The van der Waals surface area contributed by atoms with E-state index in [0.717, 1.165) is 6.07 Å². The Labute approximate surface area is 121 Å². The number of sulfonamides is 1. The summed E-state index contributed by atoms with van der Waals surface area (Å²) in [4.78, 5) is 13.9. The second-order valence-corrected chi connectivity index (χ2v) is 6.03. The van der Waals surface area contributed by atoms with Crippen LogP contribution in [-0.4, -0.2) is 24.9 Å². The van der Waals surface area contributed by atoms with Gasteiger partial charge in [0.05, 0.1) is 15.5 Å². The van der Waals surface area contributed by atoms with Gasteiger partial charge in [-0.2, -0.15) is 0 Å². The second kappa shape index (κ2) is 6.02. The summed E-state index contributed by atoms with van der Waals surface area (Å²) in [7, 11) is -3.79. The van der Waals surface area contributed by atoms with Crippen LogP contribution >= 0.6 is 0 Å². The van der Waals surface area contributed by atoms with E-state index < -0.39 is 14.9 Å². The SMILES string of the molecule is Cc1nc(CCNS(=O)(=O)c2cccc([N+](=O)[O-])c2)co1. The quantitative estimate of drug-likeness (QED) is 0.637. The lowest BCUT2D eigenvalue weighted by atomic mass is 10.3. The molecule has 0 aliphatic carbocycles. The lowest BCUT2D eigenvalue weighted by molar-refractivity contribution is -0.385. The van der Waals surface area contributed by atoms with E-state index in [1.165, 1.54) is 24.5 Å². The van der Waals surface area contributed by atoms with Crippen molar-refractivity contribution >= 4 is 15.7 Å². The van der Waals surface area contributed by atoms with Gasteiger partial charge in [0.15, 0.2) is 5.89 Å². The fraction of sp³-hybridized carbons (Fsp3) is 0.250. The van der Waals surface area contributed by atoms with Gasteiger partial charge in [-0.15, -0.1) is 0 Å². The largest absolute Gasteiger partial charge is 0.449 e. The summed E-state index contributed by atoms with van der Waals surface area (Å²) >= 11 is 0. The molecule has 2 rings (SSSR count). The van der Waals surface area contributed by atoms with E-state index in [-0.39, 0.29) is 17.1 Å². The van der Waals surface area contributed by atoms with Crippen LogP contribution in [0.2, 0.25) is 0 Å². The summed E-state index contributed by atoms with van der Waals surface area (Å²) in [5, 5.41) is 10.7. The van der Waals surface area contributed by atoms with E-state index in [1.807, 2.05) is 0 Å². The van der Waals surface area contributed by atoms with Crippen molar-refractivity contribution in [3.05, 3.63) is 52.2 Å². The molecule has 0 aliphatic heterocycles. The molecule has 0 fully saturated rings. The van der Waals surface area contributed by atoms with Gasteiger partial charge in [0, 0.05) is 32.0 Å². The van der Waals surface area contributed by atoms with E-state index in [0.29, 0.717) is 18.0 Å². The molecule has 1 N–H and O–H groups in total. The maximum absolute atomic E-state index is 12.0. The number of nitro groups is 1. The summed E-state index contributed by atoms with van der Waals surface area (Å²) in [5.74, 6) is 0.506. The van der Waals surface area contributed by atoms with Crippen molar-refractivity contribution in [2.24, 2.45) is 0 Å². The fourth-order valence-corrected chi connectivity index (χ4v) is 2.76. The number of rotatable bonds is 6. The molecule has 8 nitrogen and oxygen atoms in total. The Balaban J connectivity index is 2.04. The number of hydrogen-bond acceptors (Lipinski definition) is 6. The van der Waals surface area contributed by atoms with Crippen LogP contribution in [0.25, 0.3) is 0 Å². The molecular formula is C12H13N3O5S. The van der Waals surface area contributed by atoms with Crippen molar-refractivity contribution in [2.75, 3.05) is 6.54 Å². The first-order valence-electron chi connectivity index (χ1n) is 6.03.